The summed E-state index contributed by atoms with van der Waals surface area (Å²) in [6, 6.07) is 8.02. The van der Waals surface area contributed by atoms with E-state index in [-0.39, 0.29) is 0 Å². The van der Waals surface area contributed by atoms with E-state index < -0.39 is 0 Å². The van der Waals surface area contributed by atoms with Gasteiger partial charge in [-0.3, -0.25) is 4.99 Å². The van der Waals surface area contributed by atoms with Crippen LogP contribution in [-0.4, -0.2) is 12.8 Å². The van der Waals surface area contributed by atoms with Gasteiger partial charge >= 0.3 is 0 Å². The highest BCUT2D eigenvalue weighted by Crippen LogP contribution is 1.76. The van der Waals surface area contributed by atoms with Crippen molar-refractivity contribution in [2.45, 2.75) is 6.92 Å². The summed E-state index contributed by atoms with van der Waals surface area (Å²) in [7, 11) is 1.79. The molecule has 0 aliphatic heterocycles. The molecular weight excluding hydrogens is 146 g/mol. The van der Waals surface area contributed by atoms with Gasteiger partial charge in [0.1, 0.15) is 0 Å². The van der Waals surface area contributed by atoms with Crippen molar-refractivity contribution in [2.75, 3.05) is 7.05 Å². The van der Waals surface area contributed by atoms with Crippen LogP contribution in [0, 0.1) is 0 Å². The zero-order valence-electron chi connectivity index (χ0n) is 7.54. The van der Waals surface area contributed by atoms with Gasteiger partial charge in [0.25, 0.3) is 0 Å². The van der Waals surface area contributed by atoms with Gasteiger partial charge in [-0.15, -0.1) is 0 Å². The summed E-state index contributed by atoms with van der Waals surface area (Å²) in [6.45, 7) is 5.90. The Morgan fingerprint density at radius 1 is 1.42 bits per heavy atom. The van der Waals surface area contributed by atoms with E-state index in [1.54, 1.807) is 7.05 Å². The van der Waals surface area contributed by atoms with Gasteiger partial charge in [-0.2, -0.15) is 0 Å². The smallest absolute Gasteiger partial charge is 0.0320 e. The van der Waals surface area contributed by atoms with Gasteiger partial charge in [-0.1, -0.05) is 30.8 Å². The van der Waals surface area contributed by atoms with Crippen molar-refractivity contribution in [1.82, 2.24) is 0 Å². The van der Waals surface area contributed by atoms with E-state index in [2.05, 4.69) is 11.6 Å². The highest BCUT2D eigenvalue weighted by atomic mass is 14.7. The maximum Gasteiger partial charge on any atom is 0.0320 e. The molecule has 0 aliphatic carbocycles. The summed E-state index contributed by atoms with van der Waals surface area (Å²) in [5.41, 5.74) is 1.02. The van der Waals surface area contributed by atoms with Crippen LogP contribution in [0.1, 0.15) is 6.92 Å². The molecule has 62 valence electrons. The average Bonchev–Trinajstić information content (AvgIpc) is 2.09. The van der Waals surface area contributed by atoms with E-state index in [4.69, 9.17) is 0 Å². The lowest BCUT2D eigenvalue weighted by Gasteiger charge is -1.89. The Morgan fingerprint density at radius 2 is 2.08 bits per heavy atom. The quantitative estimate of drug-likeness (QED) is 0.541. The minimum Gasteiger partial charge on any atom is -0.293 e. The normalized spacial score (nSPS) is 13.5. The third-order valence-corrected chi connectivity index (χ3v) is 1.77. The minimum absolute atomic E-state index is 1.02. The third kappa shape index (κ3) is 2.06. The topological polar surface area (TPSA) is 12.4 Å². The number of nitrogens with zero attached hydrogens (tertiary/aromatic N) is 1. The maximum atomic E-state index is 4.06. The van der Waals surface area contributed by atoms with Crippen LogP contribution in [-0.2, 0) is 0 Å². The van der Waals surface area contributed by atoms with E-state index >= 15 is 0 Å². The highest BCUT2D eigenvalue weighted by molar-refractivity contribution is 6.08. The molecule has 1 heteroatoms. The Kier molecular flexibility index (Phi) is 2.81. The molecule has 0 heterocycles. The highest BCUT2D eigenvalue weighted by Gasteiger charge is 1.82. The van der Waals surface area contributed by atoms with Crippen molar-refractivity contribution < 1.29 is 0 Å². The molecule has 0 spiro atoms. The maximum absolute atomic E-state index is 4.06. The van der Waals surface area contributed by atoms with E-state index in [1.165, 1.54) is 0 Å². The first-order chi connectivity index (χ1) is 5.74. The molecule has 1 rings (SSSR count). The van der Waals surface area contributed by atoms with Crippen LogP contribution >= 0.6 is 0 Å². The van der Waals surface area contributed by atoms with Gasteiger partial charge in [0, 0.05) is 12.8 Å². The molecule has 0 aliphatic rings. The first kappa shape index (κ1) is 8.72. The van der Waals surface area contributed by atoms with Crippen LogP contribution in [0.4, 0.5) is 0 Å². The molecule has 0 N–H and O–H groups in total. The van der Waals surface area contributed by atoms with Crippen molar-refractivity contribution in [2.24, 2.45) is 4.99 Å². The number of hydrogen-bond donors (Lipinski definition) is 0. The molecule has 1 nitrogen and oxygen atoms in total. The van der Waals surface area contributed by atoms with Gasteiger partial charge in [-0.25, -0.2) is 0 Å². The van der Waals surface area contributed by atoms with Gasteiger partial charge < -0.3 is 0 Å². The molecule has 0 saturated heterocycles. The fraction of sp³-hybridized carbons (Fsp3) is 0.182. The predicted molar refractivity (Wildman–Crippen MR) is 54.7 cm³/mol. The third-order valence-electron chi connectivity index (χ3n) is 1.77. The van der Waals surface area contributed by atoms with Crippen LogP contribution in [0.25, 0.3) is 12.7 Å². The van der Waals surface area contributed by atoms with E-state index in [0.29, 0.717) is 0 Å². The standard InChI is InChI=1S/C11H13N/c1-9-6-4-5-7-11(9)8-10(2)12-3/h4-8H,1H2,2-3H3/b11-8-,12-10?. The van der Waals surface area contributed by atoms with Crippen LogP contribution in [0.3, 0.4) is 0 Å². The Hall–Kier alpha value is -1.37. The number of benzene rings is 1. The zero-order valence-corrected chi connectivity index (χ0v) is 7.54. The summed E-state index contributed by atoms with van der Waals surface area (Å²) in [5.74, 6) is 0. The molecule has 0 bridgehead atoms. The Bertz CT molecular complexity index is 388. The van der Waals surface area contributed by atoms with Crippen molar-refractivity contribution >= 4 is 18.4 Å². The van der Waals surface area contributed by atoms with E-state index in [9.17, 15) is 0 Å². The summed E-state index contributed by atoms with van der Waals surface area (Å²) in [4.78, 5) is 4.06. The molecule has 0 saturated carbocycles. The number of hydrogen-bond acceptors (Lipinski definition) is 1. The fourth-order valence-electron chi connectivity index (χ4n) is 0.965. The Balaban J connectivity index is 3.29. The average molecular weight is 159 g/mol. The van der Waals surface area contributed by atoms with Gasteiger partial charge in [0.05, 0.1) is 0 Å². The lowest BCUT2D eigenvalue weighted by molar-refractivity contribution is 1.43. The van der Waals surface area contributed by atoms with Crippen molar-refractivity contribution in [3.63, 3.8) is 0 Å². The first-order valence-corrected chi connectivity index (χ1v) is 3.93. The number of rotatable bonds is 1. The number of aliphatic imine (C=N–C) groups is 1. The van der Waals surface area contributed by atoms with Gasteiger partial charge in [0.15, 0.2) is 0 Å². The molecule has 0 aromatic heterocycles. The lowest BCUT2D eigenvalue weighted by atomic mass is 10.2. The van der Waals surface area contributed by atoms with E-state index in [1.807, 2.05) is 37.3 Å². The molecule has 0 unspecified atom stereocenters. The molecule has 12 heavy (non-hydrogen) atoms. The van der Waals surface area contributed by atoms with Gasteiger partial charge in [-0.05, 0) is 23.4 Å². The molecule has 0 radical (unpaired) electrons. The summed E-state index contributed by atoms with van der Waals surface area (Å²) in [5, 5.41) is 2.18. The molecule has 1 aromatic carbocycles. The SMILES string of the molecule is C=c1cccc/c1=C/C(C)=NC. The Morgan fingerprint density at radius 3 is 2.67 bits per heavy atom. The zero-order chi connectivity index (χ0) is 8.97. The van der Waals surface area contributed by atoms with Crippen molar-refractivity contribution in [3.8, 4) is 0 Å². The molecule has 0 fully saturated rings. The second-order valence-corrected chi connectivity index (χ2v) is 2.71. The van der Waals surface area contributed by atoms with Crippen molar-refractivity contribution in [3.05, 3.63) is 34.7 Å². The monoisotopic (exact) mass is 159 g/mol. The molecular formula is C11H13N. The van der Waals surface area contributed by atoms with Crippen LogP contribution in [0.15, 0.2) is 29.3 Å². The van der Waals surface area contributed by atoms with E-state index in [0.717, 1.165) is 16.1 Å². The molecule has 0 atom stereocenters. The second-order valence-electron chi connectivity index (χ2n) is 2.71. The minimum atomic E-state index is 1.02. The van der Waals surface area contributed by atoms with Crippen LogP contribution < -0.4 is 10.4 Å². The summed E-state index contributed by atoms with van der Waals surface area (Å²) >= 11 is 0. The Labute approximate surface area is 72.8 Å². The lowest BCUT2D eigenvalue weighted by Crippen LogP contribution is -2.22. The fourth-order valence-corrected chi connectivity index (χ4v) is 0.965. The second kappa shape index (κ2) is 3.86. The largest absolute Gasteiger partial charge is 0.293 e. The van der Waals surface area contributed by atoms with Crippen LogP contribution in [0.2, 0.25) is 0 Å². The summed E-state index contributed by atoms with van der Waals surface area (Å²) in [6.07, 6.45) is 2.03. The molecule has 0 amide bonds. The van der Waals surface area contributed by atoms with Crippen molar-refractivity contribution in [1.29, 1.82) is 0 Å². The predicted octanol–water partition coefficient (Wildman–Crippen LogP) is 0.968. The van der Waals surface area contributed by atoms with Gasteiger partial charge in [0.2, 0.25) is 0 Å². The first-order valence-electron chi connectivity index (χ1n) is 3.93. The van der Waals surface area contributed by atoms with Crippen LogP contribution in [0.5, 0.6) is 0 Å². The summed E-state index contributed by atoms with van der Waals surface area (Å²) < 4.78 is 0. The molecule has 1 aromatic rings.